The molecular formula is C18H23F3N2O3. The van der Waals surface area contributed by atoms with Gasteiger partial charge in [0.1, 0.15) is 5.75 Å². The van der Waals surface area contributed by atoms with Gasteiger partial charge in [-0.15, -0.1) is 0 Å². The molecule has 1 aromatic rings. The molecule has 8 heteroatoms. The molecule has 0 radical (unpaired) electrons. The number of hydrogen-bond acceptors (Lipinski definition) is 3. The largest absolute Gasteiger partial charge is 0.491 e. The van der Waals surface area contributed by atoms with Crippen molar-refractivity contribution in [3.63, 3.8) is 0 Å². The molecule has 1 aliphatic rings. The second-order valence-corrected chi connectivity index (χ2v) is 6.23. The molecule has 1 aliphatic heterocycles. The molecule has 2 rings (SSSR count). The summed E-state index contributed by atoms with van der Waals surface area (Å²) in [6, 6.07) is 2.97. The van der Waals surface area contributed by atoms with Crippen molar-refractivity contribution in [3.05, 3.63) is 23.8 Å². The van der Waals surface area contributed by atoms with E-state index in [1.165, 1.54) is 11.0 Å². The smallest absolute Gasteiger partial charge is 0.416 e. The lowest BCUT2D eigenvalue weighted by Crippen LogP contribution is -2.37. The van der Waals surface area contributed by atoms with Crippen molar-refractivity contribution < 1.29 is 27.5 Å². The number of nitrogens with zero attached hydrogens (tertiary/aromatic N) is 1. The van der Waals surface area contributed by atoms with Crippen molar-refractivity contribution in [1.82, 2.24) is 4.90 Å². The van der Waals surface area contributed by atoms with Crippen LogP contribution in [0.5, 0.6) is 5.75 Å². The summed E-state index contributed by atoms with van der Waals surface area (Å²) in [6.07, 6.45) is -0.929. The number of carbonyl (C=O) groups is 2. The van der Waals surface area contributed by atoms with Crippen molar-refractivity contribution in [1.29, 1.82) is 0 Å². The fraction of sp³-hybridized carbons (Fsp3) is 0.556. The van der Waals surface area contributed by atoms with Gasteiger partial charge in [-0.25, -0.2) is 0 Å². The molecule has 2 amide bonds. The molecule has 26 heavy (non-hydrogen) atoms. The molecule has 1 saturated heterocycles. The Bertz CT molecular complexity index is 647. The zero-order chi connectivity index (χ0) is 19.2. The molecule has 1 aromatic carbocycles. The molecule has 1 N–H and O–H groups in total. The molecule has 0 spiro atoms. The maximum atomic E-state index is 13.0. The second kappa shape index (κ2) is 8.91. The van der Waals surface area contributed by atoms with Gasteiger partial charge in [-0.3, -0.25) is 9.59 Å². The highest BCUT2D eigenvalue weighted by Crippen LogP contribution is 2.35. The number of halogens is 3. The van der Waals surface area contributed by atoms with Crippen molar-refractivity contribution in [3.8, 4) is 5.75 Å². The molecule has 0 aromatic heterocycles. The number of nitrogens with one attached hydrogen (secondary N) is 1. The van der Waals surface area contributed by atoms with Crippen LogP contribution in [0, 0.1) is 0 Å². The molecule has 0 unspecified atom stereocenters. The fourth-order valence-corrected chi connectivity index (χ4v) is 2.71. The third-order valence-electron chi connectivity index (χ3n) is 4.05. The van der Waals surface area contributed by atoms with Crippen molar-refractivity contribution in [2.45, 2.75) is 45.2 Å². The first-order chi connectivity index (χ1) is 12.3. The molecule has 1 heterocycles. The summed E-state index contributed by atoms with van der Waals surface area (Å²) in [5.41, 5.74) is -0.914. The highest BCUT2D eigenvalue weighted by molar-refractivity contribution is 5.95. The van der Waals surface area contributed by atoms with Crippen LogP contribution >= 0.6 is 0 Å². The van der Waals surface area contributed by atoms with E-state index in [2.05, 4.69) is 5.32 Å². The number of amides is 2. The first kappa shape index (κ1) is 20.1. The maximum Gasteiger partial charge on any atom is 0.416 e. The van der Waals surface area contributed by atoms with Crippen LogP contribution in [0.25, 0.3) is 0 Å². The first-order valence-corrected chi connectivity index (χ1v) is 8.73. The Morgan fingerprint density at radius 1 is 1.27 bits per heavy atom. The standard InChI is InChI=1S/C18H23F3N2O3/c1-2-10-26-15-8-7-13(18(19,20)21)11-14(15)22-16(24)12-23-9-5-3-4-6-17(23)25/h7-8,11H,2-6,9-10,12H2,1H3,(H,22,24). The summed E-state index contributed by atoms with van der Waals surface area (Å²) in [7, 11) is 0. The van der Waals surface area contributed by atoms with E-state index in [4.69, 9.17) is 4.74 Å². The Morgan fingerprint density at radius 2 is 2.04 bits per heavy atom. The van der Waals surface area contributed by atoms with Crippen LogP contribution in [0.2, 0.25) is 0 Å². The molecule has 0 aliphatic carbocycles. The van der Waals surface area contributed by atoms with Gasteiger partial charge >= 0.3 is 6.18 Å². The van der Waals surface area contributed by atoms with E-state index in [-0.39, 0.29) is 23.9 Å². The monoisotopic (exact) mass is 372 g/mol. The number of hydrogen-bond donors (Lipinski definition) is 1. The van der Waals surface area contributed by atoms with E-state index in [1.807, 2.05) is 6.92 Å². The van der Waals surface area contributed by atoms with Crippen LogP contribution in [0.1, 0.15) is 44.6 Å². The second-order valence-electron chi connectivity index (χ2n) is 6.23. The normalized spacial score (nSPS) is 15.5. The van der Waals surface area contributed by atoms with Crippen LogP contribution in [-0.4, -0.2) is 36.4 Å². The molecule has 0 bridgehead atoms. The van der Waals surface area contributed by atoms with Gasteiger partial charge < -0.3 is 15.0 Å². The van der Waals surface area contributed by atoms with E-state index < -0.39 is 17.6 Å². The van der Waals surface area contributed by atoms with Gasteiger partial charge in [0.2, 0.25) is 11.8 Å². The van der Waals surface area contributed by atoms with E-state index in [1.54, 1.807) is 0 Å². The summed E-state index contributed by atoms with van der Waals surface area (Å²) >= 11 is 0. The third-order valence-corrected chi connectivity index (χ3v) is 4.05. The lowest BCUT2D eigenvalue weighted by molar-refractivity contribution is -0.137. The quantitative estimate of drug-likeness (QED) is 0.826. The van der Waals surface area contributed by atoms with Gasteiger partial charge in [0.15, 0.2) is 0 Å². The first-order valence-electron chi connectivity index (χ1n) is 8.73. The molecule has 1 fully saturated rings. The number of benzene rings is 1. The van der Waals surface area contributed by atoms with Gasteiger partial charge in [-0.2, -0.15) is 13.2 Å². The summed E-state index contributed by atoms with van der Waals surface area (Å²) in [5.74, 6) is -0.472. The highest BCUT2D eigenvalue weighted by Gasteiger charge is 2.31. The topological polar surface area (TPSA) is 58.6 Å². The molecule has 0 saturated carbocycles. The van der Waals surface area contributed by atoms with Gasteiger partial charge in [-0.1, -0.05) is 13.3 Å². The number of carbonyl (C=O) groups excluding carboxylic acids is 2. The Morgan fingerprint density at radius 3 is 2.73 bits per heavy atom. The highest BCUT2D eigenvalue weighted by atomic mass is 19.4. The number of rotatable bonds is 6. The zero-order valence-electron chi connectivity index (χ0n) is 14.7. The van der Waals surface area contributed by atoms with Crippen LogP contribution in [-0.2, 0) is 15.8 Å². The predicted octanol–water partition coefficient (Wildman–Crippen LogP) is 3.84. The van der Waals surface area contributed by atoms with Crippen LogP contribution in [0.3, 0.4) is 0 Å². The fourth-order valence-electron chi connectivity index (χ4n) is 2.71. The minimum Gasteiger partial charge on any atom is -0.491 e. The van der Waals surface area contributed by atoms with Crippen LogP contribution in [0.15, 0.2) is 18.2 Å². The minimum absolute atomic E-state index is 0.0412. The number of likely N-dealkylation sites (tertiary alicyclic amines) is 1. The van der Waals surface area contributed by atoms with Crippen LogP contribution in [0.4, 0.5) is 18.9 Å². The SMILES string of the molecule is CCCOc1ccc(C(F)(F)F)cc1NC(=O)CN1CCCCCC1=O. The number of ether oxygens (including phenoxy) is 1. The Labute approximate surface area is 150 Å². The van der Waals surface area contributed by atoms with Gasteiger partial charge in [0.05, 0.1) is 24.4 Å². The average molecular weight is 372 g/mol. The lowest BCUT2D eigenvalue weighted by atomic mass is 10.1. The Kier molecular flexibility index (Phi) is 6.88. The summed E-state index contributed by atoms with van der Waals surface area (Å²) in [5, 5.41) is 2.46. The van der Waals surface area contributed by atoms with E-state index in [0.29, 0.717) is 26.0 Å². The van der Waals surface area contributed by atoms with Gasteiger partial charge in [-0.05, 0) is 37.5 Å². The van der Waals surface area contributed by atoms with E-state index in [0.717, 1.165) is 31.4 Å². The molecule has 144 valence electrons. The summed E-state index contributed by atoms with van der Waals surface area (Å²) < 4.78 is 44.3. The predicted molar refractivity (Wildman–Crippen MR) is 90.9 cm³/mol. The maximum absolute atomic E-state index is 13.0. The molecule has 5 nitrogen and oxygen atoms in total. The Balaban J connectivity index is 2.13. The molecule has 0 atom stereocenters. The summed E-state index contributed by atoms with van der Waals surface area (Å²) in [4.78, 5) is 25.7. The van der Waals surface area contributed by atoms with Gasteiger partial charge in [0, 0.05) is 13.0 Å². The van der Waals surface area contributed by atoms with Crippen molar-refractivity contribution >= 4 is 17.5 Å². The van der Waals surface area contributed by atoms with Crippen molar-refractivity contribution in [2.24, 2.45) is 0 Å². The zero-order valence-corrected chi connectivity index (χ0v) is 14.7. The minimum atomic E-state index is -4.52. The molecular weight excluding hydrogens is 349 g/mol. The van der Waals surface area contributed by atoms with Gasteiger partial charge in [0.25, 0.3) is 0 Å². The van der Waals surface area contributed by atoms with Crippen molar-refractivity contribution in [2.75, 3.05) is 25.0 Å². The number of anilines is 1. The average Bonchev–Trinajstić information content (AvgIpc) is 2.77. The van der Waals surface area contributed by atoms with E-state index >= 15 is 0 Å². The summed E-state index contributed by atoms with van der Waals surface area (Å²) in [6.45, 7) is 2.49. The third kappa shape index (κ3) is 5.64. The van der Waals surface area contributed by atoms with E-state index in [9.17, 15) is 22.8 Å². The Hall–Kier alpha value is -2.25. The van der Waals surface area contributed by atoms with Crippen LogP contribution < -0.4 is 10.1 Å². The number of alkyl halides is 3. The lowest BCUT2D eigenvalue weighted by Gasteiger charge is -2.21.